The molecule has 3 aromatic heterocycles. The first kappa shape index (κ1) is 44.2. The maximum Gasteiger partial charge on any atom is 2.00 e. The Morgan fingerprint density at radius 2 is 1.45 bits per heavy atom. The third kappa shape index (κ3) is 12.2. The maximum atomic E-state index is 10.7. The number of imidazole rings is 2. The molecule has 0 saturated carbocycles. The van der Waals surface area contributed by atoms with Crippen molar-refractivity contribution in [3.8, 4) is 33.0 Å². The molecule has 0 bridgehead atoms. The van der Waals surface area contributed by atoms with Gasteiger partial charge in [-0.25, -0.2) is 25.6 Å². The number of nitrogens with one attached hydrogen (secondary N) is 4. The first-order chi connectivity index (χ1) is 22.1. The van der Waals surface area contributed by atoms with E-state index in [1.54, 1.807) is 17.5 Å². The fourth-order valence-electron chi connectivity index (χ4n) is 4.18. The summed E-state index contributed by atoms with van der Waals surface area (Å²) in [6.45, 7) is 4.22. The van der Waals surface area contributed by atoms with Crippen molar-refractivity contribution < 1.29 is 98.5 Å². The minimum Gasteiger partial charge on any atom is -0.632 e. The second-order valence-electron chi connectivity index (χ2n) is 9.09. The van der Waals surface area contributed by atoms with E-state index in [1.165, 1.54) is 4.70 Å². The number of nitrogens with zero attached hydrogens (tertiary/aromatic N) is 2. The minimum absolute atomic E-state index is 0. The Labute approximate surface area is 338 Å². The van der Waals surface area contributed by atoms with E-state index in [9.17, 15) is 19.2 Å². The van der Waals surface area contributed by atoms with Crippen molar-refractivity contribution in [2.24, 2.45) is 0 Å². The second-order valence-corrected chi connectivity index (χ2v) is 12.0. The van der Waals surface area contributed by atoms with Crippen molar-refractivity contribution in [2.45, 2.75) is 0 Å². The van der Waals surface area contributed by atoms with Crippen LogP contribution in [-0.4, -0.2) is 58.4 Å². The summed E-state index contributed by atoms with van der Waals surface area (Å²) in [5.74, 6) is 0. The third-order valence-corrected chi connectivity index (χ3v) is 8.56. The molecule has 245 valence electrons. The van der Waals surface area contributed by atoms with Gasteiger partial charge in [-0.2, -0.15) is 27.1 Å². The minimum atomic E-state index is -0.995. The van der Waals surface area contributed by atoms with Crippen LogP contribution in [0.2, 0.25) is 0 Å². The van der Waals surface area contributed by atoms with Gasteiger partial charge in [0.2, 0.25) is 12.2 Å². The fraction of sp³-hybridized carbons (Fsp3) is 0.0645. The number of thiophene rings is 1. The van der Waals surface area contributed by atoms with Crippen LogP contribution in [0.4, 0.5) is 9.59 Å². The molecular weight excluding hydrogens is 837 g/mol. The number of aromatic amines is 2. The number of aromatic nitrogens is 4. The summed E-state index contributed by atoms with van der Waals surface area (Å²) >= 11 is 1.69. The quantitative estimate of drug-likeness (QED) is 0.129. The molecule has 6 rings (SSSR count). The van der Waals surface area contributed by atoms with Crippen molar-refractivity contribution in [2.75, 3.05) is 14.2 Å². The Morgan fingerprint density at radius 3 is 2.06 bits per heavy atom. The van der Waals surface area contributed by atoms with Crippen LogP contribution in [0.1, 0.15) is 5.56 Å². The van der Waals surface area contributed by atoms with Crippen LogP contribution in [-0.2, 0) is 88.9 Å². The SMILES string of the molecule is COC([NH-])=O.COC([NH-])=O.[CH2-]c1cc2cc(-c3ccc4cc(-c5cnc(P[C-]=O)[nH]5)sc4c3)ccc2cc1-c1[c-]nc(P[C-]=O)[nH]1.[V+2].[V+2].[Y]. The first-order valence-electron chi connectivity index (χ1n) is 13.0. The molecule has 2 amide bonds. The predicted octanol–water partition coefficient (Wildman–Crippen LogP) is 6.83. The van der Waals surface area contributed by atoms with Crippen LogP contribution in [0.5, 0.6) is 0 Å². The van der Waals surface area contributed by atoms with Gasteiger partial charge in [0.15, 0.2) is 0 Å². The van der Waals surface area contributed by atoms with Crippen LogP contribution in [0.25, 0.3) is 65.3 Å². The van der Waals surface area contributed by atoms with Gasteiger partial charge >= 0.3 is 37.1 Å². The molecule has 0 aliphatic carbocycles. The summed E-state index contributed by atoms with van der Waals surface area (Å²) in [5, 5.41) is 3.33. The molecule has 2 unspecified atom stereocenters. The van der Waals surface area contributed by atoms with Crippen LogP contribution in [0.3, 0.4) is 0 Å². The fourth-order valence-corrected chi connectivity index (χ4v) is 6.07. The van der Waals surface area contributed by atoms with Crippen molar-refractivity contribution >= 4 is 84.7 Å². The molecule has 0 saturated heterocycles. The van der Waals surface area contributed by atoms with Gasteiger partial charge in [-0.05, 0) is 39.6 Å². The molecule has 12 nitrogen and oxygen atoms in total. The average Bonchev–Trinajstić information content (AvgIpc) is 3.81. The van der Waals surface area contributed by atoms with Gasteiger partial charge in [0.25, 0.3) is 0 Å². The van der Waals surface area contributed by atoms with Crippen LogP contribution >= 0.6 is 28.5 Å². The number of amides is 2. The zero-order valence-corrected chi connectivity index (χ0v) is 34.2. The van der Waals surface area contributed by atoms with Gasteiger partial charge in [-0.3, -0.25) is 9.59 Å². The van der Waals surface area contributed by atoms with Crippen molar-refractivity contribution in [3.05, 3.63) is 90.9 Å². The molecule has 3 aromatic carbocycles. The average molecular weight is 861 g/mol. The zero-order valence-electron chi connectivity index (χ0n) is 25.7. The number of rotatable bonds is 7. The monoisotopic (exact) mass is 861 g/mol. The Kier molecular flexibility index (Phi) is 19.3. The van der Waals surface area contributed by atoms with E-state index in [0.29, 0.717) is 11.1 Å². The Hall–Kier alpha value is -2.82. The predicted molar refractivity (Wildman–Crippen MR) is 184 cm³/mol. The summed E-state index contributed by atoms with van der Waals surface area (Å²) in [4.78, 5) is 55.6. The maximum absolute atomic E-state index is 10.7. The van der Waals surface area contributed by atoms with E-state index >= 15 is 0 Å². The summed E-state index contributed by atoms with van der Waals surface area (Å²) in [5.41, 5.74) is 18.8. The van der Waals surface area contributed by atoms with Crippen LogP contribution in [0, 0.1) is 13.1 Å². The summed E-state index contributed by atoms with van der Waals surface area (Å²) in [6.07, 6.45) is 2.72. The normalized spacial score (nSPS) is 10.2. The summed E-state index contributed by atoms with van der Waals surface area (Å²) < 4.78 is 8.73. The zero-order chi connectivity index (χ0) is 33.2. The second kappa shape index (κ2) is 21.4. The van der Waals surface area contributed by atoms with Gasteiger partial charge in [0.05, 0.1) is 36.6 Å². The van der Waals surface area contributed by atoms with Crippen molar-refractivity contribution in [1.29, 1.82) is 0 Å². The molecule has 3 heterocycles. The number of fused-ring (bicyclic) bond motifs is 2. The number of carbonyl (C=O) groups is 2. The van der Waals surface area contributed by atoms with Crippen LogP contribution in [0.15, 0.2) is 60.8 Å². The molecule has 0 aliphatic heterocycles. The molecule has 0 spiro atoms. The number of ether oxygens (including phenoxy) is 2. The molecule has 18 heteroatoms. The Balaban J connectivity index is 0.000000817. The van der Waals surface area contributed by atoms with Gasteiger partial charge in [-0.15, -0.1) is 23.0 Å². The molecule has 4 N–H and O–H groups in total. The molecule has 2 atom stereocenters. The van der Waals surface area contributed by atoms with Crippen molar-refractivity contribution in [1.82, 2.24) is 19.9 Å². The third-order valence-electron chi connectivity index (χ3n) is 6.26. The van der Waals surface area contributed by atoms with Gasteiger partial charge < -0.3 is 45.5 Å². The topological polar surface area (TPSA) is 192 Å². The van der Waals surface area contributed by atoms with Crippen molar-refractivity contribution in [3.63, 3.8) is 0 Å². The molecule has 3 radical (unpaired) electrons. The molecule has 0 fully saturated rings. The Bertz CT molecular complexity index is 2030. The number of carbonyl (C=O) groups excluding carboxylic acids is 4. The molecule has 0 aliphatic rings. The Morgan fingerprint density at radius 1 is 0.857 bits per heavy atom. The number of hydrogen-bond donors (Lipinski definition) is 2. The van der Waals surface area contributed by atoms with E-state index in [-0.39, 0.29) is 87.0 Å². The number of H-pyrrole nitrogens is 2. The van der Waals surface area contributed by atoms with Gasteiger partial charge in [0.1, 0.15) is 0 Å². The smallest absolute Gasteiger partial charge is 0.632 e. The first-order valence-corrected chi connectivity index (χ1v) is 15.8. The van der Waals surface area contributed by atoms with E-state index in [1.807, 2.05) is 12.1 Å². The molecule has 49 heavy (non-hydrogen) atoms. The molecule has 6 aromatic rings. The van der Waals surface area contributed by atoms with E-state index in [4.69, 9.17) is 11.5 Å². The summed E-state index contributed by atoms with van der Waals surface area (Å²) in [6, 6.07) is 22.9. The summed E-state index contributed by atoms with van der Waals surface area (Å²) in [7, 11) is 2.09. The van der Waals surface area contributed by atoms with E-state index in [2.05, 4.69) is 97.1 Å². The van der Waals surface area contributed by atoms with E-state index in [0.717, 1.165) is 68.9 Å². The molecular formula is C31H24N6O6P2SV2Y-2. The van der Waals surface area contributed by atoms with Gasteiger partial charge in [0, 0.05) is 37.4 Å². The number of methoxy groups -OCH3 is 2. The number of benzene rings is 3. The standard InChI is InChI=1S/C27H16N4O2P2S.2C2H5NO2.2V.Y/c1-15-6-20-7-16(2-3-17(20)8-21(15)22-11-28-26(30-22)34-13-32)18-4-5-19-10-25(36-24(19)9-18)23-12-29-27(31-23)35-14-33;2*1-5-2(3)4;;;/h2-10,12,34-35H,1H2,(H,28,30)(H,29,31);2*1H3,(H2,3,4);;;/q-4;;;2*+2;/p-2. The van der Waals surface area contributed by atoms with E-state index < -0.39 is 12.2 Å². The number of hydrogen-bond acceptors (Lipinski definition) is 9. The van der Waals surface area contributed by atoms with Gasteiger partial charge in [-0.1, -0.05) is 47.6 Å². The van der Waals surface area contributed by atoms with Crippen LogP contribution < -0.4 is 11.1 Å². The largest absolute Gasteiger partial charge is 2.00 e.